The average molecular weight is 624 g/mol. The van der Waals surface area contributed by atoms with Gasteiger partial charge in [0.15, 0.2) is 0 Å². The number of hydrogen-bond acceptors (Lipinski definition) is 5. The molecule has 44 heavy (non-hydrogen) atoms. The maximum Gasteiger partial charge on any atom is 0.431 e. The Kier molecular flexibility index (Phi) is 11.7. The van der Waals surface area contributed by atoms with E-state index in [1.165, 1.54) is 18.3 Å². The summed E-state index contributed by atoms with van der Waals surface area (Å²) in [6, 6.07) is 4.91. The van der Waals surface area contributed by atoms with Crippen LogP contribution in [0.4, 0.5) is 26.3 Å². The minimum absolute atomic E-state index is 0.0287. The predicted octanol–water partition coefficient (Wildman–Crippen LogP) is 6.87. The summed E-state index contributed by atoms with van der Waals surface area (Å²) in [7, 11) is 0. The van der Waals surface area contributed by atoms with Gasteiger partial charge in [0.25, 0.3) is 5.91 Å². The summed E-state index contributed by atoms with van der Waals surface area (Å²) >= 11 is 0. The Labute approximate surface area is 251 Å². The molecule has 2 aromatic rings. The molecule has 2 amide bonds. The lowest BCUT2D eigenvalue weighted by Crippen LogP contribution is -2.45. The molecular weight excluding hydrogens is 588 g/mol. The van der Waals surface area contributed by atoms with Gasteiger partial charge in [0.1, 0.15) is 29.6 Å². The fraction of sp³-hybridized carbons (Fsp3) is 0.419. The molecule has 7 nitrogen and oxygen atoms in total. The Balaban J connectivity index is 2.07. The Bertz CT molecular complexity index is 1440. The summed E-state index contributed by atoms with van der Waals surface area (Å²) in [4.78, 5) is 30.0. The normalized spacial score (nSPS) is 16.4. The second-order valence-corrected chi connectivity index (χ2v) is 10.6. The van der Waals surface area contributed by atoms with Crippen molar-refractivity contribution in [3.05, 3.63) is 77.2 Å². The van der Waals surface area contributed by atoms with Crippen LogP contribution in [0.25, 0.3) is 11.1 Å². The predicted molar refractivity (Wildman–Crippen MR) is 155 cm³/mol. The number of nitrogens with two attached hydrogens (primary N) is 1. The van der Waals surface area contributed by atoms with E-state index < -0.39 is 53.6 Å². The first-order valence-electron chi connectivity index (χ1n) is 14.2. The van der Waals surface area contributed by atoms with Crippen LogP contribution in [0.5, 0.6) is 0 Å². The molecule has 2 heterocycles. The second-order valence-electron chi connectivity index (χ2n) is 10.6. The molecule has 3 unspecified atom stereocenters. The molecule has 0 aliphatic carbocycles. The number of carbonyl (C=O) groups is 2. The highest BCUT2D eigenvalue weighted by Crippen LogP contribution is 2.32. The van der Waals surface area contributed by atoms with Crippen LogP contribution < -0.4 is 11.1 Å². The van der Waals surface area contributed by atoms with E-state index in [0.29, 0.717) is 29.5 Å². The molecule has 1 aromatic heterocycles. The first-order chi connectivity index (χ1) is 20.7. The van der Waals surface area contributed by atoms with E-state index in [9.17, 15) is 35.9 Å². The van der Waals surface area contributed by atoms with Gasteiger partial charge in [0, 0.05) is 24.7 Å². The molecule has 0 saturated heterocycles. The number of benzene rings is 1. The van der Waals surface area contributed by atoms with Gasteiger partial charge in [-0.1, -0.05) is 37.5 Å². The largest absolute Gasteiger partial charge is 0.431 e. The van der Waals surface area contributed by atoms with Crippen LogP contribution in [0.1, 0.15) is 75.0 Å². The number of nitrogens with zero attached hydrogens (tertiary/aromatic N) is 3. The van der Waals surface area contributed by atoms with Crippen molar-refractivity contribution < 1.29 is 35.9 Å². The number of halogens is 6. The lowest BCUT2D eigenvalue weighted by molar-refractivity contribution is -0.127. The molecule has 1 aliphatic heterocycles. The summed E-state index contributed by atoms with van der Waals surface area (Å²) in [6.45, 7) is 4.51. The van der Waals surface area contributed by atoms with E-state index in [1.54, 1.807) is 19.1 Å². The van der Waals surface area contributed by atoms with Crippen molar-refractivity contribution >= 4 is 17.5 Å². The lowest BCUT2D eigenvalue weighted by atomic mass is 9.94. The summed E-state index contributed by atoms with van der Waals surface area (Å²) in [5.74, 6) is -3.28. The molecule has 0 fully saturated rings. The zero-order chi connectivity index (χ0) is 32.6. The number of nitrogens with one attached hydrogen (secondary N) is 1. The zero-order valence-corrected chi connectivity index (χ0v) is 24.6. The fourth-order valence-electron chi connectivity index (χ4n) is 4.90. The number of allylic oxidation sites excluding steroid dienone is 3. The summed E-state index contributed by atoms with van der Waals surface area (Å²) in [5, 5.41) is 7.70. The van der Waals surface area contributed by atoms with E-state index in [4.69, 9.17) is 5.73 Å². The smallest absolute Gasteiger partial charge is 0.366 e. The molecule has 3 N–H and O–H groups in total. The summed E-state index contributed by atoms with van der Waals surface area (Å²) in [5.41, 5.74) is 5.38. The Morgan fingerprint density at radius 2 is 1.95 bits per heavy atom. The maximum atomic E-state index is 14.4. The SMILES string of the molecule is CCCCC(C(=O)NC(CC(C)=CC(F)=CC(C)F)c1ncccc1-c1ccc(F)c(C(N)=O)c1)N1CCC(C(F)(F)F)=N1. The molecule has 0 bridgehead atoms. The van der Waals surface area contributed by atoms with Crippen LogP contribution in [-0.4, -0.2) is 52.5 Å². The van der Waals surface area contributed by atoms with Crippen LogP contribution in [0.3, 0.4) is 0 Å². The highest BCUT2D eigenvalue weighted by atomic mass is 19.4. The molecule has 0 radical (unpaired) electrons. The molecule has 0 spiro atoms. The molecule has 1 aromatic carbocycles. The van der Waals surface area contributed by atoms with Crippen molar-refractivity contribution in [1.29, 1.82) is 0 Å². The topological polar surface area (TPSA) is 101 Å². The lowest BCUT2D eigenvalue weighted by Gasteiger charge is -2.29. The van der Waals surface area contributed by atoms with Crippen LogP contribution in [-0.2, 0) is 4.79 Å². The quantitative estimate of drug-likeness (QED) is 0.188. The molecule has 0 saturated carbocycles. The number of rotatable bonds is 13. The number of primary amides is 1. The monoisotopic (exact) mass is 623 g/mol. The molecular formula is C31H35F6N5O2. The minimum atomic E-state index is -4.62. The molecule has 3 rings (SSSR count). The number of pyridine rings is 1. The van der Waals surface area contributed by atoms with Crippen molar-refractivity contribution in [2.75, 3.05) is 6.54 Å². The Morgan fingerprint density at radius 3 is 2.57 bits per heavy atom. The number of hydrazone groups is 1. The average Bonchev–Trinajstić information content (AvgIpc) is 3.43. The zero-order valence-electron chi connectivity index (χ0n) is 24.6. The number of unbranched alkanes of at least 4 members (excludes halogenated alkanes) is 1. The third-order valence-electron chi connectivity index (χ3n) is 6.97. The van der Waals surface area contributed by atoms with Gasteiger partial charge < -0.3 is 11.1 Å². The van der Waals surface area contributed by atoms with Crippen LogP contribution >= 0.6 is 0 Å². The van der Waals surface area contributed by atoms with E-state index in [-0.39, 0.29) is 37.1 Å². The van der Waals surface area contributed by atoms with Crippen molar-refractivity contribution in [2.45, 2.75) is 77.3 Å². The summed E-state index contributed by atoms with van der Waals surface area (Å²) in [6.07, 6.45) is -1.80. The summed E-state index contributed by atoms with van der Waals surface area (Å²) < 4.78 is 82.0. The maximum absolute atomic E-state index is 14.4. The Morgan fingerprint density at radius 1 is 1.23 bits per heavy atom. The molecule has 1 aliphatic rings. The second kappa shape index (κ2) is 15.0. The van der Waals surface area contributed by atoms with Gasteiger partial charge in [-0.05, 0) is 62.6 Å². The van der Waals surface area contributed by atoms with E-state index in [1.807, 2.05) is 6.92 Å². The van der Waals surface area contributed by atoms with Gasteiger partial charge >= 0.3 is 6.18 Å². The third-order valence-corrected chi connectivity index (χ3v) is 6.97. The Hall–Kier alpha value is -4.16. The van der Waals surface area contributed by atoms with Gasteiger partial charge in [-0.15, -0.1) is 0 Å². The molecule has 238 valence electrons. The first kappa shape index (κ1) is 34.3. The van der Waals surface area contributed by atoms with Gasteiger partial charge in [-0.2, -0.15) is 18.3 Å². The number of aromatic nitrogens is 1. The van der Waals surface area contributed by atoms with E-state index >= 15 is 0 Å². The van der Waals surface area contributed by atoms with Crippen molar-refractivity contribution in [3.8, 4) is 11.1 Å². The van der Waals surface area contributed by atoms with E-state index in [2.05, 4.69) is 15.4 Å². The standard InChI is InChI=1S/C31H35F6N5O2/c1-4-5-8-26(42-13-11-27(41-42)31(35,36)37)30(44)40-25(15-18(2)14-21(33)16-19(3)32)28-22(7-6-12-39-28)20-9-10-24(34)23(17-20)29(38)43/h6-7,9-10,12,14,16-17,19,25-26H,4-5,8,11,13,15H2,1-3H3,(H2,38,43)(H,40,44). The fourth-order valence-corrected chi connectivity index (χ4v) is 4.90. The van der Waals surface area contributed by atoms with Gasteiger partial charge in [-0.25, -0.2) is 13.2 Å². The third kappa shape index (κ3) is 9.17. The number of alkyl halides is 4. The first-order valence-corrected chi connectivity index (χ1v) is 14.2. The number of carbonyl (C=O) groups excluding carboxylic acids is 2. The van der Waals surface area contributed by atoms with Crippen LogP contribution in [0.2, 0.25) is 0 Å². The van der Waals surface area contributed by atoms with Crippen molar-refractivity contribution in [3.63, 3.8) is 0 Å². The molecule has 3 atom stereocenters. The van der Waals surface area contributed by atoms with E-state index in [0.717, 1.165) is 30.2 Å². The molecule has 13 heteroatoms. The number of hydrogen-bond donors (Lipinski definition) is 2. The van der Waals surface area contributed by atoms with Crippen molar-refractivity contribution in [2.24, 2.45) is 10.8 Å². The van der Waals surface area contributed by atoms with Gasteiger partial charge in [0.2, 0.25) is 5.91 Å². The number of amides is 2. The highest BCUT2D eigenvalue weighted by molar-refractivity contribution is 5.94. The van der Waals surface area contributed by atoms with Crippen LogP contribution in [0, 0.1) is 5.82 Å². The minimum Gasteiger partial charge on any atom is -0.366 e. The van der Waals surface area contributed by atoms with Crippen LogP contribution in [0.15, 0.2) is 65.2 Å². The highest BCUT2D eigenvalue weighted by Gasteiger charge is 2.41. The van der Waals surface area contributed by atoms with Crippen molar-refractivity contribution in [1.82, 2.24) is 15.3 Å². The van der Waals surface area contributed by atoms with Gasteiger partial charge in [-0.3, -0.25) is 19.6 Å². The van der Waals surface area contributed by atoms with Gasteiger partial charge in [0.05, 0.1) is 17.3 Å².